The Kier molecular flexibility index (Phi) is 4.25. The summed E-state index contributed by atoms with van der Waals surface area (Å²) in [4.78, 5) is 20.2. The minimum Gasteiger partial charge on any atom is -0.324 e. The van der Waals surface area contributed by atoms with Gasteiger partial charge in [-0.15, -0.1) is 11.3 Å². The van der Waals surface area contributed by atoms with Crippen molar-refractivity contribution in [2.75, 3.05) is 24.2 Å². The van der Waals surface area contributed by atoms with E-state index in [0.717, 1.165) is 36.6 Å². The van der Waals surface area contributed by atoms with Crippen molar-refractivity contribution in [3.63, 3.8) is 0 Å². The average Bonchev–Trinajstić information content (AvgIpc) is 3.24. The minimum atomic E-state index is -0.270. The molecule has 3 aromatic rings. The number of nitrogens with one attached hydrogen (secondary N) is 2. The molecule has 0 radical (unpaired) electrons. The van der Waals surface area contributed by atoms with Crippen LogP contribution in [0.3, 0.4) is 0 Å². The number of benzene rings is 1. The maximum absolute atomic E-state index is 12.2. The average molecular weight is 353 g/mol. The van der Waals surface area contributed by atoms with Gasteiger partial charge in [0.25, 0.3) is 0 Å². The number of carbonyl (C=O) groups is 1. The molecule has 3 heterocycles. The summed E-state index contributed by atoms with van der Waals surface area (Å²) in [5.74, 6) is 0. The first-order valence-corrected chi connectivity index (χ1v) is 8.97. The van der Waals surface area contributed by atoms with Gasteiger partial charge in [-0.1, -0.05) is 0 Å². The highest BCUT2D eigenvalue weighted by molar-refractivity contribution is 7.15. The van der Waals surface area contributed by atoms with Gasteiger partial charge in [-0.25, -0.2) is 9.78 Å². The lowest BCUT2D eigenvalue weighted by atomic mass is 10.2. The van der Waals surface area contributed by atoms with Gasteiger partial charge in [0.05, 0.1) is 5.69 Å². The number of anilines is 2. The van der Waals surface area contributed by atoms with Gasteiger partial charge >= 0.3 is 6.03 Å². The lowest BCUT2D eigenvalue weighted by molar-refractivity contribution is 0.262. The van der Waals surface area contributed by atoms with E-state index in [4.69, 9.17) is 0 Å². The van der Waals surface area contributed by atoms with Crippen LogP contribution in [0.5, 0.6) is 0 Å². The number of rotatable bonds is 3. The predicted molar refractivity (Wildman–Crippen MR) is 101 cm³/mol. The number of hydrogen-bond acceptors (Lipinski definition) is 4. The lowest BCUT2D eigenvalue weighted by Crippen LogP contribution is -2.25. The molecule has 1 aliphatic rings. The summed E-state index contributed by atoms with van der Waals surface area (Å²) in [6.07, 6.45) is 4.90. The third kappa shape index (κ3) is 3.57. The molecule has 0 saturated carbocycles. The topological polar surface area (TPSA) is 62.2 Å². The van der Waals surface area contributed by atoms with Crippen LogP contribution in [0.2, 0.25) is 0 Å². The normalized spacial score (nSPS) is 14.1. The Hall–Kier alpha value is -2.64. The number of amides is 2. The van der Waals surface area contributed by atoms with Gasteiger partial charge in [0, 0.05) is 48.2 Å². The van der Waals surface area contributed by atoms with Gasteiger partial charge in [-0.2, -0.15) is 0 Å². The Balaban J connectivity index is 1.39. The van der Waals surface area contributed by atoms with E-state index in [1.54, 1.807) is 11.3 Å². The van der Waals surface area contributed by atoms with Crippen molar-refractivity contribution in [3.05, 3.63) is 59.4 Å². The summed E-state index contributed by atoms with van der Waals surface area (Å²) in [6, 6.07) is 11.4. The van der Waals surface area contributed by atoms with Crippen LogP contribution >= 0.6 is 11.3 Å². The third-order valence-electron chi connectivity index (χ3n) is 4.17. The minimum absolute atomic E-state index is 0.270. The van der Waals surface area contributed by atoms with Crippen molar-refractivity contribution in [1.29, 1.82) is 0 Å². The van der Waals surface area contributed by atoms with E-state index < -0.39 is 0 Å². The van der Waals surface area contributed by atoms with Crippen molar-refractivity contribution in [2.45, 2.75) is 13.0 Å². The van der Waals surface area contributed by atoms with E-state index in [0.29, 0.717) is 5.13 Å². The number of nitrogens with zero attached hydrogens (tertiary/aromatic N) is 3. The van der Waals surface area contributed by atoms with E-state index in [9.17, 15) is 4.79 Å². The van der Waals surface area contributed by atoms with Gasteiger partial charge in [0.2, 0.25) is 0 Å². The molecule has 2 amide bonds. The first-order valence-electron chi connectivity index (χ1n) is 8.16. The second-order valence-corrected chi connectivity index (χ2v) is 7.18. The van der Waals surface area contributed by atoms with Gasteiger partial charge in [-0.3, -0.25) is 5.32 Å². The smallest absolute Gasteiger partial charge is 0.324 e. The number of hydrogen-bond donors (Lipinski definition) is 2. The molecule has 0 spiro atoms. The fourth-order valence-corrected chi connectivity index (χ4v) is 3.94. The van der Waals surface area contributed by atoms with E-state index >= 15 is 0 Å². The molecule has 2 aromatic heterocycles. The summed E-state index contributed by atoms with van der Waals surface area (Å²) in [6.45, 7) is 1.91. The maximum Gasteiger partial charge on any atom is 0.325 e. The van der Waals surface area contributed by atoms with E-state index in [-0.39, 0.29) is 6.03 Å². The van der Waals surface area contributed by atoms with Crippen LogP contribution in [-0.4, -0.2) is 34.1 Å². The molecule has 0 bridgehead atoms. The summed E-state index contributed by atoms with van der Waals surface area (Å²) >= 11 is 1.55. The number of fused-ring (bicyclic) bond motifs is 1. The van der Waals surface area contributed by atoms with E-state index in [1.165, 1.54) is 4.88 Å². The number of likely N-dealkylation sites (N-methyl/N-ethyl adjacent to an activating group) is 1. The van der Waals surface area contributed by atoms with Crippen molar-refractivity contribution in [1.82, 2.24) is 14.5 Å². The second-order valence-electron chi connectivity index (χ2n) is 6.09. The molecule has 4 rings (SSSR count). The Morgan fingerprint density at radius 2 is 1.92 bits per heavy atom. The summed E-state index contributed by atoms with van der Waals surface area (Å²) in [5, 5.41) is 6.34. The largest absolute Gasteiger partial charge is 0.325 e. The van der Waals surface area contributed by atoms with Crippen LogP contribution in [0, 0.1) is 0 Å². The van der Waals surface area contributed by atoms with Crippen LogP contribution in [-0.2, 0) is 13.0 Å². The molecule has 0 fully saturated rings. The fourth-order valence-electron chi connectivity index (χ4n) is 2.86. The van der Waals surface area contributed by atoms with E-state index in [2.05, 4.69) is 27.6 Å². The number of urea groups is 1. The number of aromatic nitrogens is 2. The van der Waals surface area contributed by atoms with Crippen molar-refractivity contribution >= 4 is 28.2 Å². The SMILES string of the molecule is CN1CCc2nc(NC(=O)Nc3ccc(-n4cccc4)cc3)sc2C1. The molecule has 0 saturated heterocycles. The molecule has 6 nitrogen and oxygen atoms in total. The molecular formula is C18H19N5OS. The molecule has 25 heavy (non-hydrogen) atoms. The first kappa shape index (κ1) is 15.9. The van der Waals surface area contributed by atoms with Crippen LogP contribution in [0.25, 0.3) is 5.69 Å². The van der Waals surface area contributed by atoms with Gasteiger partial charge in [0.15, 0.2) is 5.13 Å². The van der Waals surface area contributed by atoms with E-state index in [1.807, 2.05) is 53.4 Å². The third-order valence-corrected chi connectivity index (χ3v) is 5.17. The monoisotopic (exact) mass is 353 g/mol. The Labute approximate surface area is 150 Å². The van der Waals surface area contributed by atoms with Crippen LogP contribution in [0.15, 0.2) is 48.8 Å². The molecule has 0 aliphatic carbocycles. The Bertz CT molecular complexity index is 870. The fraction of sp³-hybridized carbons (Fsp3) is 0.222. The standard InChI is InChI=1S/C18H19N5OS/c1-22-11-8-15-16(12-22)25-18(20-15)21-17(24)19-13-4-6-14(7-5-13)23-9-2-3-10-23/h2-7,9-10H,8,11-12H2,1H3,(H2,19,20,21,24). The van der Waals surface area contributed by atoms with Crippen molar-refractivity contribution in [3.8, 4) is 5.69 Å². The Morgan fingerprint density at radius 3 is 2.68 bits per heavy atom. The molecule has 1 aliphatic heterocycles. The summed E-state index contributed by atoms with van der Waals surface area (Å²) in [7, 11) is 2.10. The second kappa shape index (κ2) is 6.70. The van der Waals surface area contributed by atoms with Crippen molar-refractivity contribution in [2.24, 2.45) is 0 Å². The highest BCUT2D eigenvalue weighted by atomic mass is 32.1. The molecule has 128 valence electrons. The summed E-state index contributed by atoms with van der Waals surface area (Å²) in [5.41, 5.74) is 2.90. The molecule has 0 atom stereocenters. The molecule has 1 aromatic carbocycles. The zero-order valence-corrected chi connectivity index (χ0v) is 14.7. The Morgan fingerprint density at radius 1 is 1.16 bits per heavy atom. The lowest BCUT2D eigenvalue weighted by Gasteiger charge is -2.20. The zero-order chi connectivity index (χ0) is 17.2. The number of carbonyl (C=O) groups excluding carboxylic acids is 1. The highest BCUT2D eigenvalue weighted by Crippen LogP contribution is 2.27. The van der Waals surface area contributed by atoms with Gasteiger partial charge < -0.3 is 14.8 Å². The molecule has 7 heteroatoms. The van der Waals surface area contributed by atoms with Gasteiger partial charge in [0.1, 0.15) is 0 Å². The quantitative estimate of drug-likeness (QED) is 0.757. The molecule has 0 unspecified atom stereocenters. The van der Waals surface area contributed by atoms with Crippen molar-refractivity contribution < 1.29 is 4.79 Å². The van der Waals surface area contributed by atoms with Crippen LogP contribution in [0.1, 0.15) is 10.6 Å². The van der Waals surface area contributed by atoms with Crippen LogP contribution in [0.4, 0.5) is 15.6 Å². The van der Waals surface area contributed by atoms with Crippen LogP contribution < -0.4 is 10.6 Å². The highest BCUT2D eigenvalue weighted by Gasteiger charge is 2.19. The molecular weight excluding hydrogens is 334 g/mol. The number of thiazole rings is 1. The first-order chi connectivity index (χ1) is 12.2. The molecule has 2 N–H and O–H groups in total. The summed E-state index contributed by atoms with van der Waals surface area (Å²) < 4.78 is 2.01. The van der Waals surface area contributed by atoms with Gasteiger partial charge in [-0.05, 0) is 43.4 Å². The zero-order valence-electron chi connectivity index (χ0n) is 13.9. The predicted octanol–water partition coefficient (Wildman–Crippen LogP) is 3.57. The maximum atomic E-state index is 12.2.